The summed E-state index contributed by atoms with van der Waals surface area (Å²) in [6.45, 7) is 4.65. The van der Waals surface area contributed by atoms with Crippen LogP contribution in [0.3, 0.4) is 0 Å². The molecule has 2 N–H and O–H groups in total. The molecule has 1 unspecified atom stereocenters. The van der Waals surface area contributed by atoms with E-state index in [-0.39, 0.29) is 5.41 Å². The Morgan fingerprint density at radius 2 is 2.16 bits per heavy atom. The van der Waals surface area contributed by atoms with Gasteiger partial charge in [-0.05, 0) is 30.4 Å². The molecule has 19 heavy (non-hydrogen) atoms. The van der Waals surface area contributed by atoms with Crippen molar-refractivity contribution >= 4 is 28.6 Å². The van der Waals surface area contributed by atoms with Crippen molar-refractivity contribution in [3.8, 4) is 0 Å². The van der Waals surface area contributed by atoms with E-state index in [1.54, 1.807) is 0 Å². The second-order valence-electron chi connectivity index (χ2n) is 6.20. The van der Waals surface area contributed by atoms with E-state index in [0.29, 0.717) is 17.0 Å². The summed E-state index contributed by atoms with van der Waals surface area (Å²) >= 11 is 6.22. The highest BCUT2D eigenvalue weighted by molar-refractivity contribution is 6.35. The topological polar surface area (TPSA) is 43.8 Å². The molecule has 1 atom stereocenters. The monoisotopic (exact) mass is 277 g/mol. The second-order valence-corrected chi connectivity index (χ2v) is 6.60. The zero-order valence-electron chi connectivity index (χ0n) is 11.5. The minimum absolute atomic E-state index is 0.252. The van der Waals surface area contributed by atoms with E-state index in [1.807, 2.05) is 12.1 Å². The summed E-state index contributed by atoms with van der Waals surface area (Å²) in [5, 5.41) is 0.677. The molecule has 0 saturated heterocycles. The van der Waals surface area contributed by atoms with Crippen LogP contribution in [0.25, 0.3) is 11.0 Å². The molecule has 0 aliphatic heterocycles. The smallest absolute Gasteiger partial charge is 0.201 e. The van der Waals surface area contributed by atoms with Gasteiger partial charge in [0.1, 0.15) is 5.52 Å². The molecule has 3 rings (SSSR count). The lowest BCUT2D eigenvalue weighted by atomic mass is 9.73. The molecule has 0 spiro atoms. The Kier molecular flexibility index (Phi) is 2.97. The zero-order chi connectivity index (χ0) is 13.6. The maximum Gasteiger partial charge on any atom is 0.201 e. The molecule has 3 nitrogen and oxygen atoms in total. The van der Waals surface area contributed by atoms with Crippen molar-refractivity contribution < 1.29 is 0 Å². The van der Waals surface area contributed by atoms with Crippen molar-refractivity contribution in [2.45, 2.75) is 45.6 Å². The SMILES string of the molecule is CC1(C)CCCCC1n1c(N)nc2c(Cl)cccc21. The molecular weight excluding hydrogens is 258 g/mol. The molecular formula is C15H20ClN3. The Bertz CT molecular complexity index is 615. The molecule has 1 aliphatic rings. The number of anilines is 1. The lowest BCUT2D eigenvalue weighted by Gasteiger charge is -2.40. The third-order valence-corrected chi connectivity index (χ3v) is 4.77. The summed E-state index contributed by atoms with van der Waals surface area (Å²) in [6, 6.07) is 6.31. The van der Waals surface area contributed by atoms with Crippen molar-refractivity contribution in [1.82, 2.24) is 9.55 Å². The Labute approximate surface area is 118 Å². The van der Waals surface area contributed by atoms with Crippen LogP contribution in [-0.4, -0.2) is 9.55 Å². The van der Waals surface area contributed by atoms with Crippen LogP contribution in [0.15, 0.2) is 18.2 Å². The summed E-state index contributed by atoms with van der Waals surface area (Å²) in [5.41, 5.74) is 8.30. The normalized spacial score (nSPS) is 22.8. The van der Waals surface area contributed by atoms with Gasteiger partial charge in [-0.3, -0.25) is 0 Å². The number of hydrogen-bond donors (Lipinski definition) is 1. The Morgan fingerprint density at radius 1 is 1.37 bits per heavy atom. The highest BCUT2D eigenvalue weighted by atomic mass is 35.5. The fourth-order valence-corrected chi connectivity index (χ4v) is 3.59. The third-order valence-electron chi connectivity index (χ3n) is 4.46. The number of nitrogens with zero attached hydrogens (tertiary/aromatic N) is 2. The van der Waals surface area contributed by atoms with E-state index in [2.05, 4.69) is 29.5 Å². The molecule has 4 heteroatoms. The van der Waals surface area contributed by atoms with Gasteiger partial charge in [0.05, 0.1) is 10.5 Å². The van der Waals surface area contributed by atoms with Crippen LogP contribution in [0.5, 0.6) is 0 Å². The van der Waals surface area contributed by atoms with Gasteiger partial charge < -0.3 is 10.3 Å². The summed E-state index contributed by atoms with van der Waals surface area (Å²) in [7, 11) is 0. The Hall–Kier alpha value is -1.22. The Morgan fingerprint density at radius 3 is 2.89 bits per heavy atom. The predicted molar refractivity (Wildman–Crippen MR) is 80.4 cm³/mol. The number of nitrogens with two attached hydrogens (primary N) is 1. The summed E-state index contributed by atoms with van der Waals surface area (Å²) in [5.74, 6) is 0.586. The molecule has 1 aromatic heterocycles. The van der Waals surface area contributed by atoms with Crippen molar-refractivity contribution in [1.29, 1.82) is 0 Å². The number of fused-ring (bicyclic) bond motifs is 1. The lowest BCUT2D eigenvalue weighted by molar-refractivity contribution is 0.149. The second kappa shape index (κ2) is 4.41. The van der Waals surface area contributed by atoms with Gasteiger partial charge in [-0.15, -0.1) is 0 Å². The number of aromatic nitrogens is 2. The number of para-hydroxylation sites is 1. The minimum Gasteiger partial charge on any atom is -0.369 e. The lowest BCUT2D eigenvalue weighted by Crippen LogP contribution is -2.31. The predicted octanol–water partition coefficient (Wildman–Crippen LogP) is 4.41. The summed E-state index contributed by atoms with van der Waals surface area (Å²) < 4.78 is 2.19. The van der Waals surface area contributed by atoms with Gasteiger partial charge in [0.15, 0.2) is 0 Å². The van der Waals surface area contributed by atoms with Crippen LogP contribution in [0, 0.1) is 5.41 Å². The van der Waals surface area contributed by atoms with E-state index >= 15 is 0 Å². The maximum absolute atomic E-state index is 6.22. The first-order valence-corrected chi connectivity index (χ1v) is 7.30. The highest BCUT2D eigenvalue weighted by Gasteiger charge is 2.35. The molecule has 1 saturated carbocycles. The van der Waals surface area contributed by atoms with Gasteiger partial charge in [-0.1, -0.05) is 44.4 Å². The first-order valence-electron chi connectivity index (χ1n) is 6.92. The van der Waals surface area contributed by atoms with Crippen LogP contribution < -0.4 is 5.73 Å². The van der Waals surface area contributed by atoms with E-state index in [1.165, 1.54) is 19.3 Å². The van der Waals surface area contributed by atoms with Gasteiger partial charge in [0.2, 0.25) is 5.95 Å². The number of benzene rings is 1. The average molecular weight is 278 g/mol. The Balaban J connectivity index is 2.19. The van der Waals surface area contributed by atoms with Gasteiger partial charge in [-0.25, -0.2) is 4.98 Å². The van der Waals surface area contributed by atoms with Crippen molar-refractivity contribution in [2.75, 3.05) is 5.73 Å². The number of nitrogen functional groups attached to an aromatic ring is 1. The number of rotatable bonds is 1. The van der Waals surface area contributed by atoms with Gasteiger partial charge in [0.25, 0.3) is 0 Å². The van der Waals surface area contributed by atoms with Gasteiger partial charge in [-0.2, -0.15) is 0 Å². The maximum atomic E-state index is 6.22. The van der Waals surface area contributed by atoms with Gasteiger partial charge >= 0.3 is 0 Å². The summed E-state index contributed by atoms with van der Waals surface area (Å²) in [4.78, 5) is 4.46. The van der Waals surface area contributed by atoms with Crippen LogP contribution in [0.1, 0.15) is 45.6 Å². The van der Waals surface area contributed by atoms with Crippen molar-refractivity contribution in [3.63, 3.8) is 0 Å². The van der Waals surface area contributed by atoms with Crippen molar-refractivity contribution in [3.05, 3.63) is 23.2 Å². The standard InChI is InChI=1S/C15H20ClN3/c1-15(2)9-4-3-8-12(15)19-11-7-5-6-10(16)13(11)18-14(19)17/h5-7,12H,3-4,8-9H2,1-2H3,(H2,17,18). The molecule has 102 valence electrons. The highest BCUT2D eigenvalue weighted by Crippen LogP contribution is 2.46. The molecule has 1 aliphatic carbocycles. The van der Waals surface area contributed by atoms with Crippen molar-refractivity contribution in [2.24, 2.45) is 5.41 Å². The van der Waals surface area contributed by atoms with Gasteiger partial charge in [0, 0.05) is 6.04 Å². The molecule has 0 radical (unpaired) electrons. The molecule has 1 aromatic carbocycles. The fraction of sp³-hybridized carbons (Fsp3) is 0.533. The zero-order valence-corrected chi connectivity index (χ0v) is 12.2. The third kappa shape index (κ3) is 2.00. The first kappa shape index (κ1) is 12.8. The quantitative estimate of drug-likeness (QED) is 0.839. The van der Waals surface area contributed by atoms with E-state index in [4.69, 9.17) is 17.3 Å². The fourth-order valence-electron chi connectivity index (χ4n) is 3.38. The molecule has 1 heterocycles. The number of imidazole rings is 1. The average Bonchev–Trinajstić information content (AvgIpc) is 2.67. The van der Waals surface area contributed by atoms with E-state index in [9.17, 15) is 0 Å². The molecule has 2 aromatic rings. The largest absolute Gasteiger partial charge is 0.369 e. The van der Waals surface area contributed by atoms with Crippen LogP contribution in [0.2, 0.25) is 5.02 Å². The van der Waals surface area contributed by atoms with E-state index in [0.717, 1.165) is 17.5 Å². The molecule has 0 amide bonds. The van der Waals surface area contributed by atoms with E-state index < -0.39 is 0 Å². The van der Waals surface area contributed by atoms with Crippen LogP contribution in [0.4, 0.5) is 5.95 Å². The molecule has 0 bridgehead atoms. The first-order chi connectivity index (χ1) is 9.00. The number of halogens is 1. The van der Waals surface area contributed by atoms with Crippen LogP contribution >= 0.6 is 11.6 Å². The molecule has 1 fully saturated rings. The number of hydrogen-bond acceptors (Lipinski definition) is 2. The minimum atomic E-state index is 0.252. The van der Waals surface area contributed by atoms with Crippen LogP contribution in [-0.2, 0) is 0 Å². The summed E-state index contributed by atoms with van der Waals surface area (Å²) in [6.07, 6.45) is 4.96.